The van der Waals surface area contributed by atoms with E-state index < -0.39 is 49.2 Å². The van der Waals surface area contributed by atoms with Gasteiger partial charge in [-0.25, -0.2) is 14.1 Å². The van der Waals surface area contributed by atoms with E-state index in [0.29, 0.717) is 39.8 Å². The van der Waals surface area contributed by atoms with E-state index >= 15 is 4.57 Å². The van der Waals surface area contributed by atoms with Crippen LogP contribution >= 0.6 is 31.0 Å². The number of nitriles is 1. The molecule has 3 fully saturated rings. The number of ether oxygens (including phenoxy) is 5. The normalized spacial score (nSPS) is 24.4. The number of unbranched alkanes of at least 4 members (excludes halogenated alkanes) is 13. The number of phosphoric acid groups is 1. The zero-order chi connectivity index (χ0) is 46.1. The average Bonchev–Trinajstić information content (AvgIpc) is 3.66. The fraction of sp³-hybridized carbons (Fsp3) is 0.604. The number of hydrogen-bond donors (Lipinski definition) is 1. The van der Waals surface area contributed by atoms with Gasteiger partial charge >= 0.3 is 7.82 Å². The lowest BCUT2D eigenvalue weighted by Gasteiger charge is -2.27. The number of aromatic nitrogens is 3. The molecule has 4 aromatic rings. The van der Waals surface area contributed by atoms with Crippen LogP contribution in [0.1, 0.15) is 141 Å². The Kier molecular flexibility index (Phi) is 16.9. The summed E-state index contributed by atoms with van der Waals surface area (Å²) in [5.74, 6) is -0.648. The van der Waals surface area contributed by atoms with Gasteiger partial charge in [0.1, 0.15) is 47.6 Å². The molecule has 1 saturated carbocycles. The van der Waals surface area contributed by atoms with E-state index in [0.717, 1.165) is 19.3 Å². The molecular weight excluding hydrogens is 892 g/mol. The molecule has 65 heavy (non-hydrogen) atoms. The zero-order valence-electron chi connectivity index (χ0n) is 38.1. The summed E-state index contributed by atoms with van der Waals surface area (Å²) in [7, 11) is -4.57. The van der Waals surface area contributed by atoms with Crippen LogP contribution in [0, 0.1) is 11.3 Å². The number of halogens is 2. The summed E-state index contributed by atoms with van der Waals surface area (Å²) in [5, 5.41) is 14.6. The highest BCUT2D eigenvalue weighted by Crippen LogP contribution is 2.74. The van der Waals surface area contributed by atoms with Crippen molar-refractivity contribution in [1.82, 2.24) is 14.6 Å². The predicted octanol–water partition coefficient (Wildman–Crippen LogP) is 11.9. The molecule has 1 spiro atoms. The molecule has 2 aromatic carbocycles. The van der Waals surface area contributed by atoms with Crippen LogP contribution in [0.15, 0.2) is 60.9 Å². The molecule has 0 radical (unpaired) electrons. The van der Waals surface area contributed by atoms with E-state index in [9.17, 15) is 5.26 Å². The maximum atomic E-state index is 15.1. The molecule has 2 aromatic heterocycles. The first-order valence-electron chi connectivity index (χ1n) is 23.2. The molecule has 4 heterocycles. The summed E-state index contributed by atoms with van der Waals surface area (Å²) in [6.07, 6.45) is 16.0. The second-order valence-corrected chi connectivity index (χ2v) is 20.4. The molecule has 3 aliphatic rings. The van der Waals surface area contributed by atoms with Crippen LogP contribution in [0.5, 0.6) is 5.75 Å². The molecular formula is C48H64Cl2N5O9P. The van der Waals surface area contributed by atoms with Crippen LogP contribution in [0.25, 0.3) is 5.52 Å². The summed E-state index contributed by atoms with van der Waals surface area (Å²) in [5.41, 5.74) is 6.14. The minimum absolute atomic E-state index is 0.0774. The summed E-state index contributed by atoms with van der Waals surface area (Å²) in [6.45, 7) is 8.16. The number of nitrogens with zero attached hydrogens (tertiary/aromatic N) is 4. The van der Waals surface area contributed by atoms with Crippen molar-refractivity contribution in [2.45, 2.75) is 166 Å². The topological polar surface area (TPSA) is 171 Å². The van der Waals surface area contributed by atoms with Crippen LogP contribution in [-0.4, -0.2) is 69.7 Å². The zero-order valence-corrected chi connectivity index (χ0v) is 40.5. The summed E-state index contributed by atoms with van der Waals surface area (Å²) >= 11 is 12.9. The highest BCUT2D eigenvalue weighted by molar-refractivity contribution is 7.49. The van der Waals surface area contributed by atoms with Gasteiger partial charge in [0.25, 0.3) is 0 Å². The number of para-hydroxylation sites is 1. The van der Waals surface area contributed by atoms with Gasteiger partial charge in [-0.1, -0.05) is 126 Å². The fourth-order valence-electron chi connectivity index (χ4n) is 9.16. The standard InChI is InChI=1S/C48H64Cl2N5O9P/c1-5-6-7-8-9-10-11-12-13-14-15-16-17-20-25-57-31-37(58-30-35-26-34(29-51)27-36(49)28-35)32-59-65(56,62-41-22-19-18-21-38(41)50)63-45-47(4)48(45)43(61-46(2,3)64-48)42(60-47)39-23-24-40-44(52)53-33-54-55(39)40/h18-19,21-24,26-28,33,37,42-43,45H,5-17,20,25,30-32H2,1-4H3,(H2,52,53,54)/t37-,42-,43-,45?,47+,48?,65?/m0/s1. The van der Waals surface area contributed by atoms with E-state index in [-0.39, 0.29) is 30.6 Å². The molecule has 0 amide bonds. The van der Waals surface area contributed by atoms with Gasteiger partial charge in [-0.2, -0.15) is 10.4 Å². The Morgan fingerprint density at radius 1 is 0.908 bits per heavy atom. The van der Waals surface area contributed by atoms with Gasteiger partial charge in [-0.05, 0) is 75.2 Å². The third kappa shape index (κ3) is 11.9. The van der Waals surface area contributed by atoms with Crippen molar-refractivity contribution < 1.29 is 41.8 Å². The molecule has 1 aliphatic carbocycles. The number of nitrogen functional groups attached to an aromatic ring is 1. The number of fused-ring (bicyclic) bond motifs is 1. The molecule has 7 atom stereocenters. The molecule has 14 nitrogen and oxygen atoms in total. The lowest BCUT2D eigenvalue weighted by Crippen LogP contribution is -2.33. The number of benzene rings is 2. The summed E-state index contributed by atoms with van der Waals surface area (Å²) in [6, 6.07) is 17.4. The number of rotatable bonds is 28. The second kappa shape index (κ2) is 22.2. The van der Waals surface area contributed by atoms with Crippen molar-refractivity contribution in [3.8, 4) is 11.8 Å². The van der Waals surface area contributed by atoms with Crippen molar-refractivity contribution in [2.75, 3.05) is 25.6 Å². The molecule has 7 rings (SSSR count). The molecule has 354 valence electrons. The largest absolute Gasteiger partial charge is 0.530 e. The Morgan fingerprint density at radius 3 is 2.29 bits per heavy atom. The first-order valence-corrected chi connectivity index (χ1v) is 25.4. The van der Waals surface area contributed by atoms with E-state index in [1.165, 1.54) is 77.0 Å². The van der Waals surface area contributed by atoms with Crippen molar-refractivity contribution in [2.24, 2.45) is 0 Å². The van der Waals surface area contributed by atoms with Crippen molar-refractivity contribution in [3.05, 3.63) is 87.8 Å². The smallest absolute Gasteiger partial charge is 0.402 e. The third-order valence-corrected chi connectivity index (χ3v) is 14.4. The SMILES string of the molecule is CCCCCCCCCCCCCCCCOC[C@@H](COP(=O)(Oc1ccccc1Cl)OC1C23OC(C)(C)O[C@H]2[C@H](c2ccc4c(N)ncnn24)O[C@]13C)OCc1cc(Cl)cc(C#N)c1. The minimum Gasteiger partial charge on any atom is -0.402 e. The van der Waals surface area contributed by atoms with Crippen LogP contribution in [0.2, 0.25) is 10.0 Å². The van der Waals surface area contributed by atoms with Crippen LogP contribution in [-0.2, 0) is 43.9 Å². The number of anilines is 1. The Labute approximate surface area is 393 Å². The van der Waals surface area contributed by atoms with E-state index in [1.54, 1.807) is 60.8 Å². The van der Waals surface area contributed by atoms with E-state index in [4.69, 9.17) is 66.2 Å². The molecule has 0 bridgehead atoms. The highest BCUT2D eigenvalue weighted by Gasteiger charge is 2.92. The quantitative estimate of drug-likeness (QED) is 0.0422. The van der Waals surface area contributed by atoms with Gasteiger partial charge in [0.2, 0.25) is 0 Å². The van der Waals surface area contributed by atoms with E-state index in [1.807, 2.05) is 19.1 Å². The van der Waals surface area contributed by atoms with E-state index in [2.05, 4.69) is 23.1 Å². The van der Waals surface area contributed by atoms with Gasteiger partial charge in [-0.3, -0.25) is 9.05 Å². The Hall–Kier alpha value is -3.32. The van der Waals surface area contributed by atoms with Gasteiger partial charge in [0, 0.05) is 11.6 Å². The van der Waals surface area contributed by atoms with Gasteiger partial charge < -0.3 is 33.9 Å². The van der Waals surface area contributed by atoms with Crippen LogP contribution in [0.4, 0.5) is 5.82 Å². The average molecular weight is 957 g/mol. The predicted molar refractivity (Wildman–Crippen MR) is 249 cm³/mol. The third-order valence-electron chi connectivity index (χ3n) is 12.5. The summed E-state index contributed by atoms with van der Waals surface area (Å²) in [4.78, 5) is 4.11. The van der Waals surface area contributed by atoms with Gasteiger partial charge in [0.05, 0.1) is 42.2 Å². The van der Waals surface area contributed by atoms with Crippen molar-refractivity contribution >= 4 is 42.4 Å². The lowest BCUT2D eigenvalue weighted by atomic mass is 10.0. The lowest BCUT2D eigenvalue weighted by molar-refractivity contribution is -0.186. The highest BCUT2D eigenvalue weighted by atomic mass is 35.5. The maximum absolute atomic E-state index is 15.1. The van der Waals surface area contributed by atoms with Gasteiger partial charge in [-0.15, -0.1) is 0 Å². The van der Waals surface area contributed by atoms with Crippen molar-refractivity contribution in [1.29, 1.82) is 5.26 Å². The van der Waals surface area contributed by atoms with Crippen molar-refractivity contribution in [3.63, 3.8) is 0 Å². The van der Waals surface area contributed by atoms with Gasteiger partial charge in [0.15, 0.2) is 17.2 Å². The number of hydrogen-bond acceptors (Lipinski definition) is 13. The monoisotopic (exact) mass is 955 g/mol. The molecule has 2 aliphatic heterocycles. The first-order chi connectivity index (χ1) is 31.3. The molecule has 2 N–H and O–H groups in total. The Morgan fingerprint density at radius 2 is 1.60 bits per heavy atom. The van der Waals surface area contributed by atoms with Crippen LogP contribution in [0.3, 0.4) is 0 Å². The molecule has 17 heteroatoms. The van der Waals surface area contributed by atoms with Crippen LogP contribution < -0.4 is 10.3 Å². The maximum Gasteiger partial charge on any atom is 0.530 e. The second-order valence-electron chi connectivity index (χ2n) is 18.0. The molecule has 3 unspecified atom stereocenters. The first kappa shape index (κ1) is 49.6. The Balaban J connectivity index is 0.998. The fourth-order valence-corrected chi connectivity index (χ4v) is 11.2. The Bertz CT molecular complexity index is 2290. The number of nitrogens with two attached hydrogens (primary N) is 1. The number of phosphoric ester groups is 1. The minimum atomic E-state index is -4.57. The molecule has 2 saturated heterocycles. The summed E-state index contributed by atoms with van der Waals surface area (Å²) < 4.78 is 67.9.